The molecule has 1 N–H and O–H groups in total. The van der Waals surface area contributed by atoms with E-state index in [4.69, 9.17) is 4.74 Å². The fourth-order valence-electron chi connectivity index (χ4n) is 5.95. The monoisotopic (exact) mass is 579 g/mol. The molecular formula is C30H30FN3O6S. The highest BCUT2D eigenvalue weighted by molar-refractivity contribution is 7.89. The number of nitrogens with zero attached hydrogens (tertiary/aromatic N) is 2. The van der Waals surface area contributed by atoms with E-state index in [-0.39, 0.29) is 24.4 Å². The molecule has 0 spiro atoms. The van der Waals surface area contributed by atoms with Gasteiger partial charge in [0.15, 0.2) is 0 Å². The van der Waals surface area contributed by atoms with Gasteiger partial charge in [0.2, 0.25) is 21.8 Å². The van der Waals surface area contributed by atoms with Gasteiger partial charge < -0.3 is 4.74 Å². The van der Waals surface area contributed by atoms with Gasteiger partial charge in [0.05, 0.1) is 30.4 Å². The molecule has 41 heavy (non-hydrogen) atoms. The lowest BCUT2D eigenvalue weighted by Gasteiger charge is -2.33. The number of likely N-dealkylation sites (N-methyl/N-ethyl adjacent to an activating group) is 1. The van der Waals surface area contributed by atoms with E-state index in [1.807, 2.05) is 24.3 Å². The fourth-order valence-corrected chi connectivity index (χ4v) is 7.14. The van der Waals surface area contributed by atoms with Crippen molar-refractivity contribution in [2.24, 2.45) is 11.8 Å². The lowest BCUT2D eigenvalue weighted by Crippen LogP contribution is -2.59. The van der Waals surface area contributed by atoms with Crippen molar-refractivity contribution in [2.45, 2.75) is 29.4 Å². The summed E-state index contributed by atoms with van der Waals surface area (Å²) < 4.78 is 46.4. The molecule has 2 fully saturated rings. The number of esters is 1. The predicted molar refractivity (Wildman–Crippen MR) is 147 cm³/mol. The first-order chi connectivity index (χ1) is 19.6. The van der Waals surface area contributed by atoms with Crippen LogP contribution in [-0.2, 0) is 42.1 Å². The molecule has 0 aromatic heterocycles. The van der Waals surface area contributed by atoms with E-state index < -0.39 is 57.0 Å². The molecule has 0 saturated carbocycles. The average molecular weight is 580 g/mol. The number of methoxy groups -OCH3 is 1. The van der Waals surface area contributed by atoms with E-state index in [9.17, 15) is 27.2 Å². The van der Waals surface area contributed by atoms with Crippen LogP contribution in [-0.4, -0.2) is 67.7 Å². The first-order valence-electron chi connectivity index (χ1n) is 13.1. The van der Waals surface area contributed by atoms with Crippen LogP contribution < -0.4 is 5.32 Å². The summed E-state index contributed by atoms with van der Waals surface area (Å²) in [5.74, 6) is -4.47. The highest BCUT2D eigenvalue weighted by Crippen LogP contribution is 2.46. The lowest BCUT2D eigenvalue weighted by molar-refractivity contribution is -0.154. The molecule has 4 atom stereocenters. The number of nitrogens with one attached hydrogen (secondary N) is 1. The van der Waals surface area contributed by atoms with Gasteiger partial charge in [-0.05, 0) is 35.4 Å². The van der Waals surface area contributed by atoms with Gasteiger partial charge in [-0.1, -0.05) is 60.7 Å². The summed E-state index contributed by atoms with van der Waals surface area (Å²) in [6, 6.07) is 21.6. The Morgan fingerprint density at radius 2 is 1.54 bits per heavy atom. The first kappa shape index (κ1) is 28.6. The van der Waals surface area contributed by atoms with Crippen LogP contribution in [0, 0.1) is 17.7 Å². The SMILES string of the molecule is COC(=O)[C@]1(Cc2ccccc2)N[C@H](CN(C)S(=O)(=O)c2ccc(F)cc2)[C@@H]2C(=O)N(Cc3ccccc3)C(=O)[C@@H]21. The number of carbonyl (C=O) groups excluding carboxylic acids is 3. The number of sulfonamides is 1. The van der Waals surface area contributed by atoms with E-state index in [2.05, 4.69) is 5.32 Å². The van der Waals surface area contributed by atoms with Gasteiger partial charge in [-0.15, -0.1) is 0 Å². The molecule has 3 aromatic rings. The van der Waals surface area contributed by atoms with Crippen LogP contribution in [0.1, 0.15) is 11.1 Å². The van der Waals surface area contributed by atoms with Gasteiger partial charge in [-0.2, -0.15) is 4.31 Å². The molecule has 0 unspecified atom stereocenters. The van der Waals surface area contributed by atoms with Crippen molar-refractivity contribution in [3.63, 3.8) is 0 Å². The molecular weight excluding hydrogens is 549 g/mol. The highest BCUT2D eigenvalue weighted by Gasteiger charge is 2.68. The molecule has 2 aliphatic rings. The predicted octanol–water partition coefficient (Wildman–Crippen LogP) is 2.37. The van der Waals surface area contributed by atoms with Gasteiger partial charge in [0.25, 0.3) is 0 Å². The van der Waals surface area contributed by atoms with Crippen molar-refractivity contribution < 1.29 is 31.9 Å². The smallest absolute Gasteiger partial charge is 0.327 e. The molecule has 0 aliphatic carbocycles. The van der Waals surface area contributed by atoms with Gasteiger partial charge >= 0.3 is 5.97 Å². The van der Waals surface area contributed by atoms with Crippen LogP contribution in [0.4, 0.5) is 4.39 Å². The number of amides is 2. The summed E-state index contributed by atoms with van der Waals surface area (Å²) in [6.07, 6.45) is 0.0464. The molecule has 2 aliphatic heterocycles. The summed E-state index contributed by atoms with van der Waals surface area (Å²) >= 11 is 0. The molecule has 9 nitrogen and oxygen atoms in total. The van der Waals surface area contributed by atoms with Crippen LogP contribution >= 0.6 is 0 Å². The summed E-state index contributed by atoms with van der Waals surface area (Å²) in [5.41, 5.74) is -0.148. The minimum absolute atomic E-state index is 0.0184. The number of hydrogen-bond acceptors (Lipinski definition) is 7. The zero-order chi connectivity index (χ0) is 29.4. The maximum absolute atomic E-state index is 14.0. The Balaban J connectivity index is 1.54. The van der Waals surface area contributed by atoms with Crippen molar-refractivity contribution >= 4 is 27.8 Å². The zero-order valence-corrected chi connectivity index (χ0v) is 23.4. The van der Waals surface area contributed by atoms with Crippen LogP contribution in [0.2, 0.25) is 0 Å². The Bertz CT molecular complexity index is 1550. The quantitative estimate of drug-likeness (QED) is 0.306. The molecule has 0 bridgehead atoms. The number of fused-ring (bicyclic) bond motifs is 1. The summed E-state index contributed by atoms with van der Waals surface area (Å²) in [7, 11) is -1.53. The third kappa shape index (κ3) is 5.16. The molecule has 0 radical (unpaired) electrons. The number of rotatable bonds is 9. The third-order valence-corrected chi connectivity index (χ3v) is 9.72. The maximum atomic E-state index is 14.0. The molecule has 2 heterocycles. The van der Waals surface area contributed by atoms with Gasteiger partial charge in [-0.3, -0.25) is 24.6 Å². The molecule has 11 heteroatoms. The number of carbonyl (C=O) groups is 3. The molecule has 2 amide bonds. The first-order valence-corrected chi connectivity index (χ1v) is 14.5. The van der Waals surface area contributed by atoms with Crippen molar-refractivity contribution in [2.75, 3.05) is 20.7 Å². The molecule has 2 saturated heterocycles. The topological polar surface area (TPSA) is 113 Å². The summed E-state index contributed by atoms with van der Waals surface area (Å²) in [5, 5.41) is 3.21. The normalized spacial score (nSPS) is 24.1. The van der Waals surface area contributed by atoms with Gasteiger partial charge in [-0.25, -0.2) is 12.8 Å². The second-order valence-corrected chi connectivity index (χ2v) is 12.4. The number of halogens is 1. The minimum atomic E-state index is -4.09. The number of likely N-dealkylation sites (tertiary alicyclic amines) is 1. The van der Waals surface area contributed by atoms with Crippen molar-refractivity contribution in [3.05, 3.63) is 102 Å². The van der Waals surface area contributed by atoms with Crippen LogP contribution in [0.3, 0.4) is 0 Å². The average Bonchev–Trinajstić information content (AvgIpc) is 3.42. The standard InChI is InChI=1S/C30H30FN3O6S/c1-33(41(38,39)23-15-13-22(31)14-16-23)19-24-25-26(28(36)34(27(25)35)18-21-11-7-4-8-12-21)30(32-24,29(37)40-2)17-20-9-5-3-6-10-20/h3-16,24-26,32H,17-19H2,1-2H3/t24-,25+,26-,30-/m1/s1. The number of ether oxygens (including phenoxy) is 1. The Kier molecular flexibility index (Phi) is 7.78. The highest BCUT2D eigenvalue weighted by atomic mass is 32.2. The van der Waals surface area contributed by atoms with Crippen molar-refractivity contribution in [1.29, 1.82) is 0 Å². The van der Waals surface area contributed by atoms with Crippen LogP contribution in [0.25, 0.3) is 0 Å². The van der Waals surface area contributed by atoms with E-state index in [1.54, 1.807) is 36.4 Å². The summed E-state index contributed by atoms with van der Waals surface area (Å²) in [4.78, 5) is 42.5. The van der Waals surface area contributed by atoms with E-state index in [0.717, 1.165) is 44.6 Å². The molecule has 3 aromatic carbocycles. The Morgan fingerprint density at radius 1 is 0.951 bits per heavy atom. The lowest BCUT2D eigenvalue weighted by atomic mass is 9.76. The fraction of sp³-hybridized carbons (Fsp3) is 0.300. The van der Waals surface area contributed by atoms with Crippen LogP contribution in [0.5, 0.6) is 0 Å². The number of hydrogen-bond donors (Lipinski definition) is 1. The molecule has 5 rings (SSSR count). The van der Waals surface area contributed by atoms with Gasteiger partial charge in [0, 0.05) is 26.1 Å². The maximum Gasteiger partial charge on any atom is 0.327 e. The van der Waals surface area contributed by atoms with E-state index in [1.165, 1.54) is 14.2 Å². The summed E-state index contributed by atoms with van der Waals surface area (Å²) in [6.45, 7) is -0.211. The third-order valence-electron chi connectivity index (χ3n) is 7.88. The second-order valence-electron chi connectivity index (χ2n) is 10.4. The largest absolute Gasteiger partial charge is 0.468 e. The number of imide groups is 1. The van der Waals surface area contributed by atoms with Crippen molar-refractivity contribution in [1.82, 2.24) is 14.5 Å². The minimum Gasteiger partial charge on any atom is -0.468 e. The number of benzene rings is 3. The van der Waals surface area contributed by atoms with E-state index in [0.29, 0.717) is 0 Å². The Labute approximate surface area is 238 Å². The Morgan fingerprint density at radius 3 is 2.12 bits per heavy atom. The molecule has 214 valence electrons. The zero-order valence-electron chi connectivity index (χ0n) is 22.6. The Hall–Kier alpha value is -3.93. The second kappa shape index (κ2) is 11.2. The van der Waals surface area contributed by atoms with Crippen LogP contribution in [0.15, 0.2) is 89.8 Å². The van der Waals surface area contributed by atoms with E-state index >= 15 is 0 Å². The van der Waals surface area contributed by atoms with Crippen molar-refractivity contribution in [3.8, 4) is 0 Å². The van der Waals surface area contributed by atoms with Gasteiger partial charge in [0.1, 0.15) is 11.4 Å².